The van der Waals surface area contributed by atoms with E-state index in [0.29, 0.717) is 13.0 Å². The van der Waals surface area contributed by atoms with Crippen LogP contribution in [0.15, 0.2) is 0 Å². The van der Waals surface area contributed by atoms with E-state index in [-0.39, 0.29) is 12.1 Å². The zero-order valence-corrected chi connectivity index (χ0v) is 5.78. The van der Waals surface area contributed by atoms with Gasteiger partial charge in [0.2, 0.25) is 0 Å². The Hall–Kier alpha value is -0.610. The highest BCUT2D eigenvalue weighted by Gasteiger charge is 2.31. The summed E-state index contributed by atoms with van der Waals surface area (Å²) in [6.45, 7) is 2.73. The lowest BCUT2D eigenvalue weighted by Gasteiger charge is -2.13. The Bertz CT molecular complexity index is 128. The van der Waals surface area contributed by atoms with Crippen LogP contribution in [-0.4, -0.2) is 30.5 Å². The van der Waals surface area contributed by atoms with Crippen LogP contribution in [0.1, 0.15) is 6.92 Å². The second kappa shape index (κ2) is 2.98. The fourth-order valence-electron chi connectivity index (χ4n) is 1.04. The lowest BCUT2D eigenvalue weighted by atomic mass is 10.1. The third kappa shape index (κ3) is 1.27. The van der Waals surface area contributed by atoms with Crippen molar-refractivity contribution in [1.82, 2.24) is 5.32 Å². The highest BCUT2D eigenvalue weighted by molar-refractivity contribution is 5.37. The molecule has 0 aromatic heterocycles. The monoisotopic (exact) mass is 145 g/mol. The summed E-state index contributed by atoms with van der Waals surface area (Å²) in [5.41, 5.74) is 0. The Morgan fingerprint density at radius 3 is 2.90 bits per heavy atom. The summed E-state index contributed by atoms with van der Waals surface area (Å²) in [7, 11) is 0. The molecule has 3 atom stereocenters. The average Bonchev–Trinajstić information content (AvgIpc) is 2.20. The summed E-state index contributed by atoms with van der Waals surface area (Å²) in [6, 6.07) is 0. The van der Waals surface area contributed by atoms with Gasteiger partial charge in [0.25, 0.3) is 6.47 Å². The van der Waals surface area contributed by atoms with Crippen LogP contribution in [0.2, 0.25) is 0 Å². The highest BCUT2D eigenvalue weighted by atomic mass is 16.5. The van der Waals surface area contributed by atoms with Crippen molar-refractivity contribution in [2.24, 2.45) is 5.92 Å². The van der Waals surface area contributed by atoms with E-state index in [2.05, 4.69) is 10.1 Å². The zero-order chi connectivity index (χ0) is 7.56. The Morgan fingerprint density at radius 1 is 1.80 bits per heavy atom. The molecule has 58 valence electrons. The van der Waals surface area contributed by atoms with Crippen molar-refractivity contribution in [2.75, 3.05) is 6.54 Å². The summed E-state index contributed by atoms with van der Waals surface area (Å²) in [5.74, 6) is -0.00907. The number of carbonyl (C=O) groups excluding carboxylic acids is 1. The zero-order valence-electron chi connectivity index (χ0n) is 5.78. The number of carbonyl (C=O) groups is 1. The number of aliphatic hydroxyl groups excluding tert-OH is 1. The first-order valence-corrected chi connectivity index (χ1v) is 3.26. The molecule has 0 bridgehead atoms. The van der Waals surface area contributed by atoms with Gasteiger partial charge in [0.1, 0.15) is 0 Å². The second-order valence-corrected chi connectivity index (χ2v) is 2.49. The number of hydrogen-bond donors (Lipinski definition) is 2. The Morgan fingerprint density at radius 2 is 2.50 bits per heavy atom. The first-order chi connectivity index (χ1) is 4.75. The number of ether oxygens (including phenoxy) is 1. The molecule has 0 radical (unpaired) electrons. The molecule has 1 saturated heterocycles. The molecule has 0 aromatic carbocycles. The van der Waals surface area contributed by atoms with E-state index < -0.39 is 6.10 Å². The lowest BCUT2D eigenvalue weighted by molar-refractivity contribution is -0.136. The van der Waals surface area contributed by atoms with Gasteiger partial charge in [-0.25, -0.2) is 0 Å². The molecule has 1 fully saturated rings. The molecule has 1 heterocycles. The van der Waals surface area contributed by atoms with Crippen LogP contribution in [0.3, 0.4) is 0 Å². The molecule has 1 aliphatic rings. The fraction of sp³-hybridized carbons (Fsp3) is 0.833. The number of nitrogens with one attached hydrogen (secondary N) is 1. The molecule has 0 amide bonds. The van der Waals surface area contributed by atoms with Crippen LogP contribution in [0.5, 0.6) is 0 Å². The summed E-state index contributed by atoms with van der Waals surface area (Å²) in [4.78, 5) is 9.87. The third-order valence-corrected chi connectivity index (χ3v) is 1.81. The molecule has 2 N–H and O–H groups in total. The van der Waals surface area contributed by atoms with Crippen molar-refractivity contribution >= 4 is 6.47 Å². The minimum Gasteiger partial charge on any atom is -0.448 e. The van der Waals surface area contributed by atoms with Gasteiger partial charge in [-0.3, -0.25) is 10.1 Å². The number of β-amino-alcohol motifs (C(OH)–C–C–N with tert-alkyl or cyclic N) is 1. The molecular formula is C6H11NO3. The van der Waals surface area contributed by atoms with Crippen molar-refractivity contribution in [1.29, 1.82) is 0 Å². The number of aliphatic hydroxyl groups is 1. The van der Waals surface area contributed by atoms with E-state index in [1.165, 1.54) is 0 Å². The maximum absolute atomic E-state index is 9.87. The average molecular weight is 145 g/mol. The van der Waals surface area contributed by atoms with E-state index in [1.54, 1.807) is 0 Å². The van der Waals surface area contributed by atoms with Crippen LogP contribution < -0.4 is 5.32 Å². The van der Waals surface area contributed by atoms with Gasteiger partial charge in [-0.05, 0) is 0 Å². The van der Waals surface area contributed by atoms with Gasteiger partial charge in [0.15, 0.2) is 6.23 Å². The van der Waals surface area contributed by atoms with Crippen molar-refractivity contribution in [2.45, 2.75) is 19.3 Å². The standard InChI is InChI=1S/C6H11NO3/c1-4-5(9)2-7-6(4)10-3-8/h3-7,9H,2H2,1H3/t4-,5+,6-/m1/s1. The number of rotatable bonds is 2. The predicted octanol–water partition coefficient (Wildman–Crippen LogP) is -0.914. The molecule has 0 unspecified atom stereocenters. The Balaban J connectivity index is 2.40. The van der Waals surface area contributed by atoms with Gasteiger partial charge in [-0.15, -0.1) is 0 Å². The smallest absolute Gasteiger partial charge is 0.294 e. The molecule has 1 aliphatic heterocycles. The van der Waals surface area contributed by atoms with Crippen molar-refractivity contribution in [3.63, 3.8) is 0 Å². The first-order valence-electron chi connectivity index (χ1n) is 3.26. The van der Waals surface area contributed by atoms with E-state index in [0.717, 1.165) is 0 Å². The van der Waals surface area contributed by atoms with Gasteiger partial charge in [0, 0.05) is 12.5 Å². The largest absolute Gasteiger partial charge is 0.448 e. The van der Waals surface area contributed by atoms with E-state index in [1.807, 2.05) is 6.92 Å². The maximum atomic E-state index is 9.87. The quantitative estimate of drug-likeness (QED) is 0.494. The summed E-state index contributed by atoms with van der Waals surface area (Å²) in [5, 5.41) is 12.0. The Kier molecular flexibility index (Phi) is 2.24. The molecule has 4 nitrogen and oxygen atoms in total. The van der Waals surface area contributed by atoms with Crippen LogP contribution in [0.4, 0.5) is 0 Å². The minimum absolute atomic E-state index is 0.00907. The summed E-state index contributed by atoms with van der Waals surface area (Å²) in [6.07, 6.45) is -0.711. The van der Waals surface area contributed by atoms with Gasteiger partial charge in [-0.2, -0.15) is 0 Å². The highest BCUT2D eigenvalue weighted by Crippen LogP contribution is 2.14. The Labute approximate surface area is 59.2 Å². The van der Waals surface area contributed by atoms with Gasteiger partial charge < -0.3 is 9.84 Å². The van der Waals surface area contributed by atoms with Gasteiger partial charge in [0.05, 0.1) is 6.10 Å². The molecular weight excluding hydrogens is 134 g/mol. The third-order valence-electron chi connectivity index (χ3n) is 1.81. The first kappa shape index (κ1) is 7.50. The van der Waals surface area contributed by atoms with Crippen LogP contribution in [0, 0.1) is 5.92 Å². The van der Waals surface area contributed by atoms with Crippen molar-refractivity contribution < 1.29 is 14.6 Å². The van der Waals surface area contributed by atoms with Crippen LogP contribution in [0.25, 0.3) is 0 Å². The van der Waals surface area contributed by atoms with Gasteiger partial charge in [-0.1, -0.05) is 6.92 Å². The fourth-order valence-corrected chi connectivity index (χ4v) is 1.04. The predicted molar refractivity (Wildman–Crippen MR) is 34.1 cm³/mol. The topological polar surface area (TPSA) is 58.6 Å². The summed E-state index contributed by atoms with van der Waals surface area (Å²) < 4.78 is 4.63. The van der Waals surface area contributed by atoms with Gasteiger partial charge >= 0.3 is 0 Å². The van der Waals surface area contributed by atoms with E-state index >= 15 is 0 Å². The normalized spacial score (nSPS) is 39.6. The second-order valence-electron chi connectivity index (χ2n) is 2.49. The minimum atomic E-state index is -0.398. The molecule has 0 spiro atoms. The van der Waals surface area contributed by atoms with Crippen LogP contribution >= 0.6 is 0 Å². The SMILES string of the molecule is C[C@H]1[C@@H](OC=O)NC[C@@H]1O. The van der Waals surface area contributed by atoms with E-state index in [9.17, 15) is 4.79 Å². The molecule has 0 aromatic rings. The van der Waals surface area contributed by atoms with E-state index in [4.69, 9.17) is 5.11 Å². The van der Waals surface area contributed by atoms with Crippen LogP contribution in [-0.2, 0) is 9.53 Å². The van der Waals surface area contributed by atoms with Crippen molar-refractivity contribution in [3.8, 4) is 0 Å². The molecule has 1 rings (SSSR count). The molecule has 0 saturated carbocycles. The maximum Gasteiger partial charge on any atom is 0.294 e. The molecule has 10 heavy (non-hydrogen) atoms. The lowest BCUT2D eigenvalue weighted by Crippen LogP contribution is -2.28. The summed E-state index contributed by atoms with van der Waals surface area (Å²) >= 11 is 0. The molecule has 0 aliphatic carbocycles. The van der Waals surface area contributed by atoms with Crippen molar-refractivity contribution in [3.05, 3.63) is 0 Å². The molecule has 4 heteroatoms. The number of hydrogen-bond acceptors (Lipinski definition) is 4.